The molecule has 6 heteroatoms. The van der Waals surface area contributed by atoms with Crippen LogP contribution in [-0.4, -0.2) is 17.9 Å². The van der Waals surface area contributed by atoms with Crippen molar-refractivity contribution >= 4 is 28.8 Å². The smallest absolute Gasteiger partial charge is 0.262 e. The van der Waals surface area contributed by atoms with Gasteiger partial charge < -0.3 is 10.6 Å². The highest BCUT2D eigenvalue weighted by atomic mass is 32.1. The van der Waals surface area contributed by atoms with E-state index in [2.05, 4.69) is 10.6 Å². The Bertz CT molecular complexity index is 699. The lowest BCUT2D eigenvalue weighted by molar-refractivity contribution is -0.118. The molecule has 0 saturated carbocycles. The zero-order valence-corrected chi connectivity index (χ0v) is 14.0. The lowest BCUT2D eigenvalue weighted by atomic mass is 10.0. The number of carbonyl (C=O) groups excluding carboxylic acids is 2. The van der Waals surface area contributed by atoms with Crippen molar-refractivity contribution in [2.75, 3.05) is 5.32 Å². The molecule has 1 atom stereocenters. The lowest BCUT2D eigenvalue weighted by Crippen LogP contribution is -2.46. The largest absolute Gasteiger partial charge is 0.339 e. The molecular weight excluding hydrogens is 315 g/mol. The van der Waals surface area contributed by atoms with Gasteiger partial charge in [-0.2, -0.15) is 0 Å². The zero-order valence-electron chi connectivity index (χ0n) is 13.2. The molecule has 0 radical (unpaired) electrons. The van der Waals surface area contributed by atoms with Gasteiger partial charge in [0, 0.05) is 5.69 Å². The molecule has 2 N–H and O–H groups in total. The van der Waals surface area contributed by atoms with Crippen LogP contribution in [0.25, 0.3) is 0 Å². The van der Waals surface area contributed by atoms with Crippen molar-refractivity contribution < 1.29 is 14.0 Å². The van der Waals surface area contributed by atoms with E-state index < -0.39 is 6.04 Å². The van der Waals surface area contributed by atoms with E-state index in [1.807, 2.05) is 13.8 Å². The molecule has 4 nitrogen and oxygen atoms in total. The Morgan fingerprint density at radius 3 is 2.52 bits per heavy atom. The third-order valence-electron chi connectivity index (χ3n) is 3.42. The number of rotatable bonds is 5. The van der Waals surface area contributed by atoms with Crippen LogP contribution in [0.2, 0.25) is 0 Å². The second-order valence-electron chi connectivity index (χ2n) is 5.63. The van der Waals surface area contributed by atoms with E-state index in [1.165, 1.54) is 17.4 Å². The number of carbonyl (C=O) groups is 2. The molecule has 2 amide bonds. The van der Waals surface area contributed by atoms with Gasteiger partial charge in [-0.25, -0.2) is 4.39 Å². The van der Waals surface area contributed by atoms with Crippen molar-refractivity contribution in [3.8, 4) is 0 Å². The summed E-state index contributed by atoms with van der Waals surface area (Å²) < 4.78 is 13.6. The fourth-order valence-electron chi connectivity index (χ4n) is 2.05. The lowest BCUT2D eigenvalue weighted by Gasteiger charge is -2.21. The van der Waals surface area contributed by atoms with E-state index in [1.54, 1.807) is 36.6 Å². The summed E-state index contributed by atoms with van der Waals surface area (Å²) in [6, 6.07) is 7.28. The summed E-state index contributed by atoms with van der Waals surface area (Å²) in [4.78, 5) is 25.1. The second kappa shape index (κ2) is 7.37. The topological polar surface area (TPSA) is 58.2 Å². The second-order valence-corrected chi connectivity index (χ2v) is 6.57. The molecule has 1 aromatic heterocycles. The standard InChI is InChI=1S/C17H19FN2O2S/c1-10(2)15(20-16(21)14-5-4-8-23-14)17(22)19-12-7-6-11(3)13(18)9-12/h4-10,15H,1-3H3,(H,19,22)(H,20,21)/t15-/m0/s1. The Balaban J connectivity index is 2.09. The average molecular weight is 334 g/mol. The molecule has 0 unspecified atom stereocenters. The predicted octanol–water partition coefficient (Wildman–Crippen LogP) is 3.59. The average Bonchev–Trinajstić information content (AvgIpc) is 3.02. The fourth-order valence-corrected chi connectivity index (χ4v) is 2.67. The van der Waals surface area contributed by atoms with Gasteiger partial charge in [-0.3, -0.25) is 9.59 Å². The first-order valence-corrected chi connectivity index (χ1v) is 8.18. The summed E-state index contributed by atoms with van der Waals surface area (Å²) in [5.74, 6) is -1.14. The fraction of sp³-hybridized carbons (Fsp3) is 0.294. The van der Waals surface area contributed by atoms with Crippen molar-refractivity contribution in [2.24, 2.45) is 5.92 Å². The first-order chi connectivity index (χ1) is 10.9. The number of halogens is 1. The van der Waals surface area contributed by atoms with Crippen LogP contribution in [0, 0.1) is 18.7 Å². The molecule has 2 aromatic rings. The molecule has 0 aliphatic rings. The SMILES string of the molecule is Cc1ccc(NC(=O)[C@@H](NC(=O)c2cccs2)C(C)C)cc1F. The van der Waals surface area contributed by atoms with Crippen LogP contribution in [-0.2, 0) is 4.79 Å². The van der Waals surface area contributed by atoms with Crippen LogP contribution in [0.1, 0.15) is 29.1 Å². The third-order valence-corrected chi connectivity index (χ3v) is 4.29. The molecular formula is C17H19FN2O2S. The molecule has 122 valence electrons. The highest BCUT2D eigenvalue weighted by Gasteiger charge is 2.25. The summed E-state index contributed by atoms with van der Waals surface area (Å²) >= 11 is 1.31. The molecule has 0 fully saturated rings. The van der Waals surface area contributed by atoms with Crippen LogP contribution >= 0.6 is 11.3 Å². The molecule has 1 aromatic carbocycles. The summed E-state index contributed by atoms with van der Waals surface area (Å²) in [6.45, 7) is 5.34. The van der Waals surface area contributed by atoms with E-state index >= 15 is 0 Å². The van der Waals surface area contributed by atoms with Gasteiger partial charge in [0.05, 0.1) is 4.88 Å². The molecule has 0 saturated heterocycles. The van der Waals surface area contributed by atoms with Crippen LogP contribution in [0.5, 0.6) is 0 Å². The summed E-state index contributed by atoms with van der Waals surface area (Å²) in [5.41, 5.74) is 0.878. The number of hydrogen-bond donors (Lipinski definition) is 2. The molecule has 0 bridgehead atoms. The van der Waals surface area contributed by atoms with Crippen LogP contribution in [0.4, 0.5) is 10.1 Å². The van der Waals surface area contributed by atoms with Gasteiger partial charge >= 0.3 is 0 Å². The highest BCUT2D eigenvalue weighted by Crippen LogP contribution is 2.15. The Morgan fingerprint density at radius 1 is 1.22 bits per heavy atom. The molecule has 2 rings (SSSR count). The number of nitrogens with one attached hydrogen (secondary N) is 2. The highest BCUT2D eigenvalue weighted by molar-refractivity contribution is 7.12. The Hall–Kier alpha value is -2.21. The van der Waals surface area contributed by atoms with E-state index in [0.29, 0.717) is 16.1 Å². The zero-order chi connectivity index (χ0) is 17.0. The maximum Gasteiger partial charge on any atom is 0.262 e. The quantitative estimate of drug-likeness (QED) is 0.878. The molecule has 23 heavy (non-hydrogen) atoms. The van der Waals surface area contributed by atoms with Gasteiger partial charge in [-0.15, -0.1) is 11.3 Å². The van der Waals surface area contributed by atoms with Gasteiger partial charge in [0.15, 0.2) is 0 Å². The first kappa shape index (κ1) is 17.1. The van der Waals surface area contributed by atoms with Crippen LogP contribution in [0.15, 0.2) is 35.7 Å². The van der Waals surface area contributed by atoms with Gasteiger partial charge in [0.2, 0.25) is 5.91 Å². The summed E-state index contributed by atoms with van der Waals surface area (Å²) in [6.07, 6.45) is 0. The van der Waals surface area contributed by atoms with E-state index in [4.69, 9.17) is 0 Å². The van der Waals surface area contributed by atoms with Crippen molar-refractivity contribution in [2.45, 2.75) is 26.8 Å². The number of thiophene rings is 1. The molecule has 0 aliphatic carbocycles. The monoisotopic (exact) mass is 334 g/mol. The van der Waals surface area contributed by atoms with Crippen molar-refractivity contribution in [1.29, 1.82) is 0 Å². The molecule has 0 aliphatic heterocycles. The van der Waals surface area contributed by atoms with Crippen molar-refractivity contribution in [3.05, 3.63) is 52.0 Å². The summed E-state index contributed by atoms with van der Waals surface area (Å²) in [7, 11) is 0. The van der Waals surface area contributed by atoms with Crippen molar-refractivity contribution in [1.82, 2.24) is 5.32 Å². The number of amides is 2. The minimum atomic E-state index is -0.700. The van der Waals surface area contributed by atoms with E-state index in [-0.39, 0.29) is 23.5 Å². The van der Waals surface area contributed by atoms with Gasteiger partial charge in [-0.05, 0) is 42.0 Å². The number of anilines is 1. The summed E-state index contributed by atoms with van der Waals surface area (Å²) in [5, 5.41) is 7.18. The van der Waals surface area contributed by atoms with Gasteiger partial charge in [0.25, 0.3) is 5.91 Å². The number of hydrogen-bond acceptors (Lipinski definition) is 3. The Labute approximate surface area is 138 Å². The first-order valence-electron chi connectivity index (χ1n) is 7.30. The van der Waals surface area contributed by atoms with E-state index in [0.717, 1.165) is 0 Å². The third kappa shape index (κ3) is 4.39. The number of aryl methyl sites for hydroxylation is 1. The number of benzene rings is 1. The van der Waals surface area contributed by atoms with Crippen LogP contribution < -0.4 is 10.6 Å². The van der Waals surface area contributed by atoms with Crippen molar-refractivity contribution in [3.63, 3.8) is 0 Å². The van der Waals surface area contributed by atoms with Gasteiger partial charge in [-0.1, -0.05) is 26.0 Å². The van der Waals surface area contributed by atoms with Gasteiger partial charge in [0.1, 0.15) is 11.9 Å². The Morgan fingerprint density at radius 2 is 1.96 bits per heavy atom. The predicted molar refractivity (Wildman–Crippen MR) is 90.2 cm³/mol. The van der Waals surface area contributed by atoms with E-state index in [9.17, 15) is 14.0 Å². The minimum Gasteiger partial charge on any atom is -0.339 e. The Kier molecular flexibility index (Phi) is 5.50. The van der Waals surface area contributed by atoms with Crippen LogP contribution in [0.3, 0.4) is 0 Å². The maximum atomic E-state index is 13.6. The normalized spacial score (nSPS) is 12.0. The minimum absolute atomic E-state index is 0.103. The molecule has 0 spiro atoms. The molecule has 1 heterocycles. The maximum absolute atomic E-state index is 13.6.